The Morgan fingerprint density at radius 2 is 1.83 bits per heavy atom. The Hall–Kier alpha value is -3.12. The van der Waals surface area contributed by atoms with Crippen LogP contribution in [0.25, 0.3) is 21.3 Å². The Bertz CT molecular complexity index is 1110. The van der Waals surface area contributed by atoms with E-state index in [0.717, 1.165) is 50.1 Å². The second kappa shape index (κ2) is 8.49. The Labute approximate surface area is 174 Å². The minimum atomic E-state index is 0.215. The molecular formula is C23H23N3O2S. The molecule has 148 valence electrons. The zero-order valence-corrected chi connectivity index (χ0v) is 17.5. The molecule has 0 amide bonds. The third kappa shape index (κ3) is 4.49. The van der Waals surface area contributed by atoms with Gasteiger partial charge >= 0.3 is 0 Å². The summed E-state index contributed by atoms with van der Waals surface area (Å²) in [5, 5.41) is 4.24. The van der Waals surface area contributed by atoms with Gasteiger partial charge in [0.1, 0.15) is 11.5 Å². The normalized spacial score (nSPS) is 12.0. The van der Waals surface area contributed by atoms with Crippen molar-refractivity contribution in [3.8, 4) is 22.6 Å². The SMILES string of the molecule is CCC(C)Oc1ccc(Nc2nc3ccc(-c4cncc(OC)c4)cc3s2)cc1. The van der Waals surface area contributed by atoms with Gasteiger partial charge in [-0.3, -0.25) is 4.98 Å². The number of ether oxygens (including phenoxy) is 2. The van der Waals surface area contributed by atoms with Crippen LogP contribution in [-0.2, 0) is 0 Å². The molecule has 0 spiro atoms. The molecule has 2 aromatic carbocycles. The maximum Gasteiger partial charge on any atom is 0.188 e. The molecule has 4 aromatic rings. The van der Waals surface area contributed by atoms with Gasteiger partial charge < -0.3 is 14.8 Å². The number of rotatable bonds is 7. The number of nitrogens with zero attached hydrogens (tertiary/aromatic N) is 2. The Morgan fingerprint density at radius 3 is 2.59 bits per heavy atom. The molecule has 0 bridgehead atoms. The fourth-order valence-electron chi connectivity index (χ4n) is 2.90. The Kier molecular flexibility index (Phi) is 5.62. The van der Waals surface area contributed by atoms with E-state index in [-0.39, 0.29) is 6.10 Å². The molecule has 6 heteroatoms. The van der Waals surface area contributed by atoms with Crippen molar-refractivity contribution in [2.24, 2.45) is 0 Å². The summed E-state index contributed by atoms with van der Waals surface area (Å²) in [4.78, 5) is 8.94. The fourth-order valence-corrected chi connectivity index (χ4v) is 3.83. The van der Waals surface area contributed by atoms with Crippen molar-refractivity contribution >= 4 is 32.4 Å². The fraction of sp³-hybridized carbons (Fsp3) is 0.217. The number of aromatic nitrogens is 2. The minimum Gasteiger partial charge on any atom is -0.495 e. The van der Waals surface area contributed by atoms with Gasteiger partial charge in [-0.25, -0.2) is 4.98 Å². The third-order valence-electron chi connectivity index (χ3n) is 4.69. The lowest BCUT2D eigenvalue weighted by atomic mass is 10.1. The lowest BCUT2D eigenvalue weighted by Gasteiger charge is -2.12. The summed E-state index contributed by atoms with van der Waals surface area (Å²) in [5.74, 6) is 1.63. The zero-order valence-electron chi connectivity index (χ0n) is 16.7. The monoisotopic (exact) mass is 405 g/mol. The Morgan fingerprint density at radius 1 is 1.00 bits per heavy atom. The van der Waals surface area contributed by atoms with E-state index in [1.54, 1.807) is 24.6 Å². The summed E-state index contributed by atoms with van der Waals surface area (Å²) in [5.41, 5.74) is 4.06. The van der Waals surface area contributed by atoms with Gasteiger partial charge in [-0.2, -0.15) is 0 Å². The summed E-state index contributed by atoms with van der Waals surface area (Å²) in [7, 11) is 1.65. The molecule has 0 radical (unpaired) electrons. The van der Waals surface area contributed by atoms with Crippen LogP contribution in [0.3, 0.4) is 0 Å². The van der Waals surface area contributed by atoms with Gasteiger partial charge in [0.2, 0.25) is 0 Å². The third-order valence-corrected chi connectivity index (χ3v) is 5.62. The molecule has 5 nitrogen and oxygen atoms in total. The van der Waals surface area contributed by atoms with Gasteiger partial charge in [0, 0.05) is 17.4 Å². The smallest absolute Gasteiger partial charge is 0.188 e. The molecule has 2 heterocycles. The number of pyridine rings is 1. The number of methoxy groups -OCH3 is 1. The van der Waals surface area contributed by atoms with E-state index in [1.807, 2.05) is 42.6 Å². The molecule has 0 saturated heterocycles. The first kappa shape index (κ1) is 19.2. The highest BCUT2D eigenvalue weighted by Gasteiger charge is 2.08. The number of fused-ring (bicyclic) bond motifs is 1. The van der Waals surface area contributed by atoms with E-state index in [1.165, 1.54) is 0 Å². The van der Waals surface area contributed by atoms with Gasteiger partial charge in [0.05, 0.1) is 29.6 Å². The topological polar surface area (TPSA) is 56.3 Å². The number of hydrogen-bond acceptors (Lipinski definition) is 6. The van der Waals surface area contributed by atoms with Crippen LogP contribution in [0.4, 0.5) is 10.8 Å². The average Bonchev–Trinajstić information content (AvgIpc) is 3.16. The summed E-state index contributed by atoms with van der Waals surface area (Å²) < 4.78 is 12.2. The second-order valence-corrected chi connectivity index (χ2v) is 7.83. The van der Waals surface area contributed by atoms with Gasteiger partial charge in [-0.05, 0) is 61.4 Å². The largest absolute Gasteiger partial charge is 0.495 e. The van der Waals surface area contributed by atoms with Crippen LogP contribution in [-0.4, -0.2) is 23.2 Å². The van der Waals surface area contributed by atoms with Gasteiger partial charge in [-0.1, -0.05) is 24.3 Å². The van der Waals surface area contributed by atoms with Crippen LogP contribution in [0, 0.1) is 0 Å². The molecule has 1 N–H and O–H groups in total. The highest BCUT2D eigenvalue weighted by atomic mass is 32.1. The zero-order chi connectivity index (χ0) is 20.2. The van der Waals surface area contributed by atoms with E-state index >= 15 is 0 Å². The minimum absolute atomic E-state index is 0.215. The lowest BCUT2D eigenvalue weighted by molar-refractivity contribution is 0.217. The first-order valence-corrected chi connectivity index (χ1v) is 10.4. The molecule has 0 fully saturated rings. The van der Waals surface area contributed by atoms with Crippen molar-refractivity contribution in [3.63, 3.8) is 0 Å². The molecular weight excluding hydrogens is 382 g/mol. The first-order chi connectivity index (χ1) is 14.1. The quantitative estimate of drug-likeness (QED) is 0.392. The molecule has 0 aliphatic heterocycles. The molecule has 0 aliphatic rings. The van der Waals surface area contributed by atoms with Crippen LogP contribution < -0.4 is 14.8 Å². The Balaban J connectivity index is 1.53. The number of benzene rings is 2. The van der Waals surface area contributed by atoms with Crippen molar-refractivity contribution in [3.05, 3.63) is 60.9 Å². The highest BCUT2D eigenvalue weighted by Crippen LogP contribution is 2.33. The maximum absolute atomic E-state index is 5.83. The van der Waals surface area contributed by atoms with Gasteiger partial charge in [-0.15, -0.1) is 0 Å². The van der Waals surface area contributed by atoms with Crippen LogP contribution in [0.15, 0.2) is 60.9 Å². The predicted molar refractivity (Wildman–Crippen MR) is 120 cm³/mol. The number of hydrogen-bond donors (Lipinski definition) is 1. The van der Waals surface area contributed by atoms with Crippen molar-refractivity contribution in [2.75, 3.05) is 12.4 Å². The molecule has 4 rings (SSSR count). The predicted octanol–water partition coefficient (Wildman–Crippen LogP) is 6.29. The van der Waals surface area contributed by atoms with E-state index in [9.17, 15) is 0 Å². The standard InChI is InChI=1S/C23H23N3O2S/c1-4-15(2)28-19-8-6-18(7-9-19)25-23-26-21-10-5-16(12-22(21)29-23)17-11-20(27-3)14-24-13-17/h5-15H,4H2,1-3H3,(H,25,26). The van der Waals surface area contributed by atoms with Crippen molar-refractivity contribution in [2.45, 2.75) is 26.4 Å². The molecule has 1 atom stereocenters. The molecule has 0 aliphatic carbocycles. The van der Waals surface area contributed by atoms with Crippen molar-refractivity contribution < 1.29 is 9.47 Å². The summed E-state index contributed by atoms with van der Waals surface area (Å²) in [6.45, 7) is 4.19. The lowest BCUT2D eigenvalue weighted by Crippen LogP contribution is -2.09. The van der Waals surface area contributed by atoms with E-state index in [0.29, 0.717) is 0 Å². The molecule has 1 unspecified atom stereocenters. The number of thiazole rings is 1. The van der Waals surface area contributed by atoms with Crippen LogP contribution in [0.1, 0.15) is 20.3 Å². The van der Waals surface area contributed by atoms with Crippen LogP contribution >= 0.6 is 11.3 Å². The first-order valence-electron chi connectivity index (χ1n) is 9.58. The number of nitrogens with one attached hydrogen (secondary N) is 1. The van der Waals surface area contributed by atoms with Crippen LogP contribution in [0.2, 0.25) is 0 Å². The average molecular weight is 406 g/mol. The van der Waals surface area contributed by atoms with Crippen LogP contribution in [0.5, 0.6) is 11.5 Å². The molecule has 29 heavy (non-hydrogen) atoms. The van der Waals surface area contributed by atoms with Gasteiger partial charge in [0.15, 0.2) is 5.13 Å². The van der Waals surface area contributed by atoms with E-state index in [2.05, 4.69) is 36.3 Å². The van der Waals surface area contributed by atoms with E-state index < -0.39 is 0 Å². The molecule has 2 aromatic heterocycles. The second-order valence-electron chi connectivity index (χ2n) is 6.80. The summed E-state index contributed by atoms with van der Waals surface area (Å²) >= 11 is 1.62. The summed E-state index contributed by atoms with van der Waals surface area (Å²) in [6, 6.07) is 16.2. The van der Waals surface area contributed by atoms with E-state index in [4.69, 9.17) is 14.5 Å². The molecule has 0 saturated carbocycles. The number of anilines is 2. The highest BCUT2D eigenvalue weighted by molar-refractivity contribution is 7.22. The maximum atomic E-state index is 5.83. The van der Waals surface area contributed by atoms with Crippen molar-refractivity contribution in [1.82, 2.24) is 9.97 Å². The van der Waals surface area contributed by atoms with Crippen molar-refractivity contribution in [1.29, 1.82) is 0 Å². The summed E-state index contributed by atoms with van der Waals surface area (Å²) in [6.07, 6.45) is 4.75. The van der Waals surface area contributed by atoms with Gasteiger partial charge in [0.25, 0.3) is 0 Å².